The van der Waals surface area contributed by atoms with E-state index in [0.29, 0.717) is 11.8 Å². The van der Waals surface area contributed by atoms with Crippen molar-refractivity contribution in [1.82, 2.24) is 30.5 Å². The molecule has 0 aromatic carbocycles. The predicted molar refractivity (Wildman–Crippen MR) is 62.9 cm³/mol. The molecule has 0 bridgehead atoms. The van der Waals surface area contributed by atoms with E-state index in [1.54, 1.807) is 6.20 Å². The zero-order chi connectivity index (χ0) is 13.2. The third kappa shape index (κ3) is 2.78. The third-order valence-corrected chi connectivity index (χ3v) is 2.93. The summed E-state index contributed by atoms with van der Waals surface area (Å²) in [6.45, 7) is 1.93. The van der Waals surface area contributed by atoms with Crippen molar-refractivity contribution in [2.75, 3.05) is 0 Å². The van der Waals surface area contributed by atoms with Crippen LogP contribution < -0.4 is 5.32 Å². The standard InChI is InChI=1S/C11H14N6O2/c1-7(11-14-10(15-19-11)8-2-3-8)13-9(18)6-17-5-4-12-16-17/h4-5,7-8H,2-3,6H2,1H3,(H,13,18). The number of hydrogen-bond donors (Lipinski definition) is 1. The molecule has 0 aliphatic heterocycles. The van der Waals surface area contributed by atoms with Gasteiger partial charge in [-0.2, -0.15) is 4.98 Å². The van der Waals surface area contributed by atoms with Crippen molar-refractivity contribution in [2.24, 2.45) is 0 Å². The molecule has 1 unspecified atom stereocenters. The summed E-state index contributed by atoms with van der Waals surface area (Å²) in [7, 11) is 0. The van der Waals surface area contributed by atoms with E-state index in [1.165, 1.54) is 10.9 Å². The van der Waals surface area contributed by atoms with E-state index >= 15 is 0 Å². The Labute approximate surface area is 109 Å². The zero-order valence-corrected chi connectivity index (χ0v) is 10.5. The van der Waals surface area contributed by atoms with Crippen LogP contribution in [0.4, 0.5) is 0 Å². The maximum Gasteiger partial charge on any atom is 0.248 e. The number of amides is 1. The minimum atomic E-state index is -0.309. The van der Waals surface area contributed by atoms with Gasteiger partial charge in [0.1, 0.15) is 12.6 Å². The minimum absolute atomic E-state index is 0.119. The molecule has 2 aromatic rings. The molecule has 1 amide bonds. The summed E-state index contributed by atoms with van der Waals surface area (Å²) in [5.41, 5.74) is 0. The maximum atomic E-state index is 11.8. The lowest BCUT2D eigenvalue weighted by molar-refractivity contribution is -0.122. The van der Waals surface area contributed by atoms with Crippen LogP contribution in [-0.2, 0) is 11.3 Å². The first kappa shape index (κ1) is 11.8. The van der Waals surface area contributed by atoms with Crippen molar-refractivity contribution >= 4 is 5.91 Å². The molecule has 8 nitrogen and oxygen atoms in total. The van der Waals surface area contributed by atoms with Gasteiger partial charge in [-0.3, -0.25) is 4.79 Å². The number of nitrogens with zero attached hydrogens (tertiary/aromatic N) is 5. The molecule has 3 rings (SSSR count). The van der Waals surface area contributed by atoms with Crippen molar-refractivity contribution in [2.45, 2.75) is 38.3 Å². The molecule has 0 spiro atoms. The van der Waals surface area contributed by atoms with Gasteiger partial charge < -0.3 is 9.84 Å². The summed E-state index contributed by atoms with van der Waals surface area (Å²) in [4.78, 5) is 16.1. The lowest BCUT2D eigenvalue weighted by Crippen LogP contribution is -2.30. The highest BCUT2D eigenvalue weighted by atomic mass is 16.5. The Morgan fingerprint density at radius 3 is 3.16 bits per heavy atom. The van der Waals surface area contributed by atoms with Gasteiger partial charge in [-0.05, 0) is 19.8 Å². The maximum absolute atomic E-state index is 11.8. The highest BCUT2D eigenvalue weighted by molar-refractivity contribution is 5.75. The Kier molecular flexibility index (Phi) is 2.98. The summed E-state index contributed by atoms with van der Waals surface area (Å²) >= 11 is 0. The molecule has 1 fully saturated rings. The summed E-state index contributed by atoms with van der Waals surface area (Å²) in [5.74, 6) is 1.45. The van der Waals surface area contributed by atoms with Crippen LogP contribution in [0, 0.1) is 0 Å². The van der Waals surface area contributed by atoms with Gasteiger partial charge in [0.2, 0.25) is 11.8 Å². The number of nitrogens with one attached hydrogen (secondary N) is 1. The molecule has 19 heavy (non-hydrogen) atoms. The van der Waals surface area contributed by atoms with Crippen molar-refractivity contribution in [3.8, 4) is 0 Å². The molecule has 8 heteroatoms. The first-order valence-electron chi connectivity index (χ1n) is 6.19. The lowest BCUT2D eigenvalue weighted by atomic mass is 10.3. The molecule has 1 N–H and O–H groups in total. The quantitative estimate of drug-likeness (QED) is 0.838. The Hall–Kier alpha value is -2.25. The van der Waals surface area contributed by atoms with E-state index in [2.05, 4.69) is 25.8 Å². The van der Waals surface area contributed by atoms with Crippen molar-refractivity contribution < 1.29 is 9.32 Å². The van der Waals surface area contributed by atoms with E-state index in [-0.39, 0.29) is 18.5 Å². The molecule has 2 aromatic heterocycles. The number of carbonyl (C=O) groups excluding carboxylic acids is 1. The van der Waals surface area contributed by atoms with Gasteiger partial charge >= 0.3 is 0 Å². The normalized spacial score (nSPS) is 16.3. The van der Waals surface area contributed by atoms with Crippen LogP contribution in [0.15, 0.2) is 16.9 Å². The van der Waals surface area contributed by atoms with Crippen LogP contribution in [0.3, 0.4) is 0 Å². The first-order chi connectivity index (χ1) is 9.22. The van der Waals surface area contributed by atoms with Gasteiger partial charge in [0, 0.05) is 12.1 Å². The molecule has 1 aliphatic rings. The molecule has 100 valence electrons. The van der Waals surface area contributed by atoms with Crippen LogP contribution in [0.1, 0.15) is 43.4 Å². The second-order valence-corrected chi connectivity index (χ2v) is 4.65. The van der Waals surface area contributed by atoms with Gasteiger partial charge in [0.25, 0.3) is 0 Å². The number of aromatic nitrogens is 5. The number of carbonyl (C=O) groups is 1. The zero-order valence-electron chi connectivity index (χ0n) is 10.5. The van der Waals surface area contributed by atoms with Gasteiger partial charge in [-0.25, -0.2) is 4.68 Å². The number of rotatable bonds is 5. The fourth-order valence-electron chi connectivity index (χ4n) is 1.74. The molecule has 1 atom stereocenters. The number of hydrogen-bond acceptors (Lipinski definition) is 6. The second-order valence-electron chi connectivity index (χ2n) is 4.65. The molecular formula is C11H14N6O2. The Morgan fingerprint density at radius 2 is 2.47 bits per heavy atom. The van der Waals surface area contributed by atoms with E-state index in [4.69, 9.17) is 4.52 Å². The van der Waals surface area contributed by atoms with Crippen molar-refractivity contribution in [1.29, 1.82) is 0 Å². The molecule has 1 aliphatic carbocycles. The van der Waals surface area contributed by atoms with Crippen LogP contribution in [0.5, 0.6) is 0 Å². The van der Waals surface area contributed by atoms with Crippen LogP contribution in [0.25, 0.3) is 0 Å². The topological polar surface area (TPSA) is 98.7 Å². The fraction of sp³-hybridized carbons (Fsp3) is 0.545. The second kappa shape index (κ2) is 4.79. The van der Waals surface area contributed by atoms with E-state index < -0.39 is 0 Å². The van der Waals surface area contributed by atoms with E-state index in [9.17, 15) is 4.79 Å². The SMILES string of the molecule is CC(NC(=O)Cn1ccnn1)c1nc(C2CC2)no1. The Balaban J connectivity index is 1.57. The summed E-state index contributed by atoms with van der Waals surface area (Å²) < 4.78 is 6.60. The first-order valence-corrected chi connectivity index (χ1v) is 6.19. The largest absolute Gasteiger partial charge is 0.343 e. The Bertz CT molecular complexity index is 560. The third-order valence-electron chi connectivity index (χ3n) is 2.93. The average molecular weight is 262 g/mol. The summed E-state index contributed by atoms with van der Waals surface area (Å²) in [5, 5.41) is 14.1. The average Bonchev–Trinajstić information content (AvgIpc) is 2.91. The van der Waals surface area contributed by atoms with Gasteiger partial charge in [-0.1, -0.05) is 10.4 Å². The fourth-order valence-corrected chi connectivity index (χ4v) is 1.74. The van der Waals surface area contributed by atoms with Gasteiger partial charge in [-0.15, -0.1) is 5.10 Å². The van der Waals surface area contributed by atoms with Crippen LogP contribution in [-0.4, -0.2) is 31.0 Å². The monoisotopic (exact) mass is 262 g/mol. The van der Waals surface area contributed by atoms with Crippen molar-refractivity contribution in [3.05, 3.63) is 24.1 Å². The van der Waals surface area contributed by atoms with E-state index in [1.807, 2.05) is 6.92 Å². The smallest absolute Gasteiger partial charge is 0.248 e. The summed E-state index contributed by atoms with van der Waals surface area (Å²) in [6, 6.07) is -0.309. The van der Waals surface area contributed by atoms with Gasteiger partial charge in [0.05, 0.1) is 6.20 Å². The summed E-state index contributed by atoms with van der Waals surface area (Å²) in [6.07, 6.45) is 5.39. The molecule has 0 saturated heterocycles. The highest BCUT2D eigenvalue weighted by Gasteiger charge is 2.29. The Morgan fingerprint density at radius 1 is 1.63 bits per heavy atom. The van der Waals surface area contributed by atoms with E-state index in [0.717, 1.165) is 18.7 Å². The van der Waals surface area contributed by atoms with Crippen LogP contribution >= 0.6 is 0 Å². The minimum Gasteiger partial charge on any atom is -0.343 e. The molecule has 1 saturated carbocycles. The lowest BCUT2D eigenvalue weighted by Gasteiger charge is -2.09. The molecule has 0 radical (unpaired) electrons. The predicted octanol–water partition coefficient (Wildman–Crippen LogP) is 0.416. The van der Waals surface area contributed by atoms with Gasteiger partial charge in [0.15, 0.2) is 5.82 Å². The molecular weight excluding hydrogens is 248 g/mol. The van der Waals surface area contributed by atoms with Crippen molar-refractivity contribution in [3.63, 3.8) is 0 Å². The van der Waals surface area contributed by atoms with Crippen LogP contribution in [0.2, 0.25) is 0 Å². The highest BCUT2D eigenvalue weighted by Crippen LogP contribution is 2.38. The molecule has 2 heterocycles.